The fourth-order valence-corrected chi connectivity index (χ4v) is 5.02. The topological polar surface area (TPSA) is 72.6 Å². The summed E-state index contributed by atoms with van der Waals surface area (Å²) in [6, 6.07) is 12.0. The zero-order valence-corrected chi connectivity index (χ0v) is 20.6. The lowest BCUT2D eigenvalue weighted by atomic mass is 9.81. The summed E-state index contributed by atoms with van der Waals surface area (Å²) < 4.78 is 51.1. The Kier molecular flexibility index (Phi) is 6.23. The Hall–Kier alpha value is -3.78. The second kappa shape index (κ2) is 9.27. The van der Waals surface area contributed by atoms with E-state index in [1.54, 1.807) is 36.4 Å². The maximum atomic E-state index is 13.3. The zero-order valence-electron chi connectivity index (χ0n) is 19.8. The van der Waals surface area contributed by atoms with Crippen LogP contribution in [0, 0.1) is 5.92 Å². The van der Waals surface area contributed by atoms with E-state index in [1.165, 1.54) is 19.2 Å². The van der Waals surface area contributed by atoms with Gasteiger partial charge in [0, 0.05) is 10.9 Å². The summed E-state index contributed by atoms with van der Waals surface area (Å²) in [6.45, 7) is 2.03. The minimum atomic E-state index is -4.59. The van der Waals surface area contributed by atoms with Crippen LogP contribution in [0.5, 0.6) is 5.75 Å². The molecule has 1 aliphatic carbocycles. The molecule has 4 aromatic rings. The number of halogens is 4. The standard InChI is InChI=1S/C28H21ClF3NO4/c1-14-9-16(11-18-5-8-24(37-18)15-3-6-22(29)21(12-15)28(30,31)32)26-20(10-14)25(27(34)35)19-13-17(36-2)4-7-23(19)33-26/h3-8,11-14H,9-10H2,1-2H3,(H,34,35)/b16-11+. The van der Waals surface area contributed by atoms with Crippen molar-refractivity contribution in [1.82, 2.24) is 4.98 Å². The van der Waals surface area contributed by atoms with Crippen molar-refractivity contribution >= 4 is 40.1 Å². The van der Waals surface area contributed by atoms with E-state index in [0.29, 0.717) is 46.5 Å². The van der Waals surface area contributed by atoms with Crippen LogP contribution in [0.4, 0.5) is 13.2 Å². The van der Waals surface area contributed by atoms with E-state index >= 15 is 0 Å². The van der Waals surface area contributed by atoms with Gasteiger partial charge in [-0.25, -0.2) is 9.78 Å². The van der Waals surface area contributed by atoms with Gasteiger partial charge in [-0.1, -0.05) is 18.5 Å². The third-order valence-electron chi connectivity index (χ3n) is 6.43. The summed E-state index contributed by atoms with van der Waals surface area (Å²) in [6.07, 6.45) is -1.64. The molecule has 5 rings (SSSR count). The van der Waals surface area contributed by atoms with Crippen molar-refractivity contribution in [2.75, 3.05) is 7.11 Å². The number of rotatable bonds is 4. The molecule has 0 bridgehead atoms. The number of pyridine rings is 1. The van der Waals surface area contributed by atoms with E-state index in [0.717, 1.165) is 11.6 Å². The number of fused-ring (bicyclic) bond motifs is 2. The van der Waals surface area contributed by atoms with E-state index in [9.17, 15) is 23.1 Å². The summed E-state index contributed by atoms with van der Waals surface area (Å²) >= 11 is 5.74. The van der Waals surface area contributed by atoms with Crippen LogP contribution in [-0.4, -0.2) is 23.2 Å². The van der Waals surface area contributed by atoms with E-state index in [-0.39, 0.29) is 27.8 Å². The number of benzene rings is 2. The molecule has 1 unspecified atom stereocenters. The van der Waals surface area contributed by atoms with Crippen molar-refractivity contribution < 1.29 is 32.2 Å². The van der Waals surface area contributed by atoms with Crippen LogP contribution < -0.4 is 4.74 Å². The molecule has 0 saturated carbocycles. The Morgan fingerprint density at radius 2 is 1.95 bits per heavy atom. The Labute approximate surface area is 215 Å². The highest BCUT2D eigenvalue weighted by Gasteiger charge is 2.34. The third kappa shape index (κ3) is 4.69. The van der Waals surface area contributed by atoms with Gasteiger partial charge < -0.3 is 14.3 Å². The predicted octanol–water partition coefficient (Wildman–Crippen LogP) is 8.00. The van der Waals surface area contributed by atoms with Gasteiger partial charge in [-0.2, -0.15) is 13.2 Å². The monoisotopic (exact) mass is 527 g/mol. The molecule has 0 aliphatic heterocycles. The number of carbonyl (C=O) groups is 1. The first-order chi connectivity index (χ1) is 17.5. The highest BCUT2D eigenvalue weighted by atomic mass is 35.5. The fraction of sp³-hybridized carbons (Fsp3) is 0.214. The molecule has 0 amide bonds. The van der Waals surface area contributed by atoms with Crippen molar-refractivity contribution in [3.05, 3.63) is 81.7 Å². The van der Waals surface area contributed by atoms with Crippen LogP contribution >= 0.6 is 11.6 Å². The molecule has 0 spiro atoms. The second-order valence-electron chi connectivity index (χ2n) is 9.08. The molecular weight excluding hydrogens is 507 g/mol. The number of methoxy groups -OCH3 is 1. The normalized spacial score (nSPS) is 16.7. The number of ether oxygens (including phenoxy) is 1. The molecule has 37 heavy (non-hydrogen) atoms. The minimum Gasteiger partial charge on any atom is -0.497 e. The van der Waals surface area contributed by atoms with Gasteiger partial charge in [-0.3, -0.25) is 0 Å². The largest absolute Gasteiger partial charge is 0.497 e. The van der Waals surface area contributed by atoms with Crippen LogP contribution in [0.15, 0.2) is 52.9 Å². The number of nitrogens with zero attached hydrogens (tertiary/aromatic N) is 1. The molecule has 0 fully saturated rings. The second-order valence-corrected chi connectivity index (χ2v) is 9.49. The van der Waals surface area contributed by atoms with E-state index in [4.69, 9.17) is 25.7 Å². The number of hydrogen-bond acceptors (Lipinski definition) is 4. The average molecular weight is 528 g/mol. The van der Waals surface area contributed by atoms with Crippen molar-refractivity contribution in [2.45, 2.75) is 25.9 Å². The van der Waals surface area contributed by atoms with Crippen LogP contribution in [0.1, 0.15) is 46.3 Å². The number of carboxylic acids is 1. The number of carboxylic acid groups (broad SMARTS) is 1. The number of alkyl halides is 3. The molecule has 5 nitrogen and oxygen atoms in total. The maximum Gasteiger partial charge on any atom is 0.417 e. The Morgan fingerprint density at radius 3 is 2.65 bits per heavy atom. The van der Waals surface area contributed by atoms with Gasteiger partial charge in [0.1, 0.15) is 17.3 Å². The van der Waals surface area contributed by atoms with E-state index < -0.39 is 17.7 Å². The predicted molar refractivity (Wildman–Crippen MR) is 135 cm³/mol. The maximum absolute atomic E-state index is 13.3. The first-order valence-corrected chi connectivity index (χ1v) is 11.8. The Bertz CT molecular complexity index is 1570. The number of aromatic carboxylic acids is 1. The van der Waals surface area contributed by atoms with E-state index in [1.807, 2.05) is 6.92 Å². The summed E-state index contributed by atoms with van der Waals surface area (Å²) in [4.78, 5) is 17.1. The summed E-state index contributed by atoms with van der Waals surface area (Å²) in [5.41, 5.74) is 2.03. The lowest BCUT2D eigenvalue weighted by Gasteiger charge is -2.26. The van der Waals surface area contributed by atoms with Crippen LogP contribution in [-0.2, 0) is 12.6 Å². The number of allylic oxidation sites excluding steroid dienone is 1. The fourth-order valence-electron chi connectivity index (χ4n) is 4.79. The van der Waals surface area contributed by atoms with Gasteiger partial charge in [0.2, 0.25) is 0 Å². The summed E-state index contributed by atoms with van der Waals surface area (Å²) in [5, 5.41) is 10.2. The third-order valence-corrected chi connectivity index (χ3v) is 6.76. The molecule has 0 radical (unpaired) electrons. The van der Waals surface area contributed by atoms with Gasteiger partial charge in [0.15, 0.2) is 0 Å². The smallest absolute Gasteiger partial charge is 0.417 e. The first kappa shape index (κ1) is 24.9. The molecule has 2 aromatic carbocycles. The molecule has 2 aromatic heterocycles. The van der Waals surface area contributed by atoms with Crippen molar-refractivity contribution in [1.29, 1.82) is 0 Å². The van der Waals surface area contributed by atoms with Crippen molar-refractivity contribution in [3.63, 3.8) is 0 Å². The molecule has 1 N–H and O–H groups in total. The van der Waals surface area contributed by atoms with Gasteiger partial charge in [-0.15, -0.1) is 0 Å². The zero-order chi connectivity index (χ0) is 26.5. The van der Waals surface area contributed by atoms with Gasteiger partial charge in [-0.05, 0) is 84.5 Å². The first-order valence-electron chi connectivity index (χ1n) is 11.5. The molecule has 190 valence electrons. The highest BCUT2D eigenvalue weighted by Crippen LogP contribution is 2.41. The lowest BCUT2D eigenvalue weighted by molar-refractivity contribution is -0.137. The van der Waals surface area contributed by atoms with Crippen molar-refractivity contribution in [2.24, 2.45) is 5.92 Å². The molecule has 0 saturated heterocycles. The van der Waals surface area contributed by atoms with E-state index in [2.05, 4.69) is 0 Å². The van der Waals surface area contributed by atoms with Crippen LogP contribution in [0.25, 0.3) is 33.9 Å². The SMILES string of the molecule is COc1ccc2nc3c(c(C(=O)O)c2c1)CC(C)C/C3=C\c1ccc(-c2ccc(Cl)c(C(F)(F)F)c2)o1. The van der Waals surface area contributed by atoms with Crippen molar-refractivity contribution in [3.8, 4) is 17.1 Å². The molecule has 9 heteroatoms. The number of hydrogen-bond donors (Lipinski definition) is 1. The quantitative estimate of drug-likeness (QED) is 0.291. The Morgan fingerprint density at radius 1 is 1.16 bits per heavy atom. The van der Waals surface area contributed by atoms with Gasteiger partial charge in [0.05, 0.1) is 34.5 Å². The number of aromatic nitrogens is 1. The lowest BCUT2D eigenvalue weighted by Crippen LogP contribution is -2.17. The van der Waals surface area contributed by atoms with Crippen LogP contribution in [0.2, 0.25) is 5.02 Å². The number of furan rings is 1. The highest BCUT2D eigenvalue weighted by molar-refractivity contribution is 6.31. The van der Waals surface area contributed by atoms with Gasteiger partial charge in [0.25, 0.3) is 0 Å². The molecular formula is C28H21ClF3NO4. The molecule has 1 atom stereocenters. The summed E-state index contributed by atoms with van der Waals surface area (Å²) in [7, 11) is 1.52. The molecule has 2 heterocycles. The van der Waals surface area contributed by atoms with Gasteiger partial charge >= 0.3 is 12.1 Å². The average Bonchev–Trinajstić information content (AvgIpc) is 3.30. The Balaban J connectivity index is 1.61. The minimum absolute atomic E-state index is 0.141. The molecule has 1 aliphatic rings. The summed E-state index contributed by atoms with van der Waals surface area (Å²) in [5.74, 6) is 0.302. The van der Waals surface area contributed by atoms with Crippen LogP contribution in [0.3, 0.4) is 0 Å².